The number of likely N-dealkylation sites (tertiary alicyclic amines) is 1. The normalized spacial score (nSPS) is 16.9. The molecule has 2 rings (SSSR count). The van der Waals surface area contributed by atoms with E-state index in [1.54, 1.807) is 20.4 Å². The second-order valence-electron chi connectivity index (χ2n) is 5.29. The Morgan fingerprint density at radius 3 is 2.81 bits per heavy atom. The molecule has 116 valence electrons. The molecule has 6 nitrogen and oxygen atoms in total. The smallest absolute Gasteiger partial charge is 0.220 e. The first kappa shape index (κ1) is 15.4. The van der Waals surface area contributed by atoms with Crippen LogP contribution in [0.25, 0.3) is 0 Å². The molecule has 0 aliphatic carbocycles. The topological polar surface area (TPSA) is 69.9 Å². The lowest BCUT2D eigenvalue weighted by atomic mass is 9.93. The average Bonchev–Trinajstić information content (AvgIpc) is 3.02. The lowest BCUT2D eigenvalue weighted by Crippen LogP contribution is -2.45. The van der Waals surface area contributed by atoms with Crippen LogP contribution >= 0.6 is 0 Å². The summed E-state index contributed by atoms with van der Waals surface area (Å²) in [6, 6.07) is 3.82. The zero-order valence-electron chi connectivity index (χ0n) is 12.8. The Balaban J connectivity index is 1.78. The van der Waals surface area contributed by atoms with Gasteiger partial charge in [-0.15, -0.1) is 0 Å². The third-order valence-electron chi connectivity index (χ3n) is 3.88. The molecule has 6 heteroatoms. The number of nitrogens with one attached hydrogen (secondary N) is 2. The Morgan fingerprint density at radius 1 is 1.48 bits per heavy atom. The fraction of sp³-hybridized carbons (Fsp3) is 0.600. The summed E-state index contributed by atoms with van der Waals surface area (Å²) in [4.78, 5) is 18.0. The summed E-state index contributed by atoms with van der Waals surface area (Å²) < 4.78 is 5.31. The number of aliphatic imine (C=N–C) groups is 1. The summed E-state index contributed by atoms with van der Waals surface area (Å²) >= 11 is 0. The van der Waals surface area contributed by atoms with E-state index in [9.17, 15) is 4.79 Å². The van der Waals surface area contributed by atoms with Crippen LogP contribution in [0.1, 0.15) is 25.0 Å². The number of hydrogen-bond donors (Lipinski definition) is 2. The molecule has 0 unspecified atom stereocenters. The maximum atomic E-state index is 11.4. The van der Waals surface area contributed by atoms with Crippen LogP contribution in [0.2, 0.25) is 0 Å². The minimum absolute atomic E-state index is 0.133. The van der Waals surface area contributed by atoms with E-state index < -0.39 is 0 Å². The van der Waals surface area contributed by atoms with Crippen LogP contribution in [0.3, 0.4) is 0 Å². The number of guanidine groups is 1. The van der Waals surface area contributed by atoms with E-state index in [-0.39, 0.29) is 5.91 Å². The molecule has 0 atom stereocenters. The maximum absolute atomic E-state index is 11.4. The maximum Gasteiger partial charge on any atom is 0.220 e. The molecule has 1 aliphatic rings. The van der Waals surface area contributed by atoms with Crippen molar-refractivity contribution in [1.82, 2.24) is 15.5 Å². The molecule has 1 aromatic heterocycles. The predicted molar refractivity (Wildman–Crippen MR) is 81.9 cm³/mol. The van der Waals surface area contributed by atoms with Crippen molar-refractivity contribution in [1.29, 1.82) is 0 Å². The molecule has 2 N–H and O–H groups in total. The molecule has 1 aromatic rings. The Labute approximate surface area is 125 Å². The summed E-state index contributed by atoms with van der Waals surface area (Å²) in [6.07, 6.45) is 4.34. The van der Waals surface area contributed by atoms with Crippen LogP contribution in [-0.2, 0) is 11.3 Å². The van der Waals surface area contributed by atoms with Gasteiger partial charge in [0.05, 0.1) is 12.8 Å². The van der Waals surface area contributed by atoms with Crippen molar-refractivity contribution in [3.05, 3.63) is 24.2 Å². The van der Waals surface area contributed by atoms with Crippen LogP contribution in [0.4, 0.5) is 0 Å². The van der Waals surface area contributed by atoms with Gasteiger partial charge in [-0.1, -0.05) is 0 Å². The van der Waals surface area contributed by atoms with Gasteiger partial charge in [0.2, 0.25) is 5.91 Å². The molecule has 0 bridgehead atoms. The van der Waals surface area contributed by atoms with Crippen molar-refractivity contribution in [3.63, 3.8) is 0 Å². The zero-order valence-corrected chi connectivity index (χ0v) is 12.8. The van der Waals surface area contributed by atoms with Crippen LogP contribution in [0.15, 0.2) is 27.8 Å². The van der Waals surface area contributed by atoms with E-state index in [1.165, 1.54) is 0 Å². The Hall–Kier alpha value is -1.98. The van der Waals surface area contributed by atoms with E-state index in [4.69, 9.17) is 4.42 Å². The molecule has 1 aliphatic heterocycles. The molecule has 0 aromatic carbocycles. The third kappa shape index (κ3) is 4.51. The number of hydrogen-bond acceptors (Lipinski definition) is 3. The van der Waals surface area contributed by atoms with Gasteiger partial charge in [0.15, 0.2) is 5.96 Å². The van der Waals surface area contributed by atoms with Crippen LogP contribution in [-0.4, -0.2) is 44.0 Å². The minimum Gasteiger partial charge on any atom is -0.467 e. The van der Waals surface area contributed by atoms with Gasteiger partial charge in [-0.3, -0.25) is 9.79 Å². The molecular formula is C15H24N4O2. The van der Waals surface area contributed by atoms with E-state index in [2.05, 4.69) is 20.5 Å². The highest BCUT2D eigenvalue weighted by molar-refractivity contribution is 5.80. The number of amides is 1. The first-order valence-electron chi connectivity index (χ1n) is 7.41. The number of piperidine rings is 1. The molecular weight excluding hydrogens is 268 g/mol. The second-order valence-corrected chi connectivity index (χ2v) is 5.29. The quantitative estimate of drug-likeness (QED) is 0.646. The van der Waals surface area contributed by atoms with Crippen LogP contribution in [0.5, 0.6) is 0 Å². The van der Waals surface area contributed by atoms with Crippen molar-refractivity contribution < 1.29 is 9.21 Å². The lowest BCUT2D eigenvalue weighted by Gasteiger charge is -2.33. The van der Waals surface area contributed by atoms with Gasteiger partial charge in [-0.25, -0.2) is 0 Å². The third-order valence-corrected chi connectivity index (χ3v) is 3.88. The number of furan rings is 1. The van der Waals surface area contributed by atoms with Gasteiger partial charge in [0.1, 0.15) is 5.76 Å². The molecule has 0 saturated carbocycles. The second kappa shape index (κ2) is 7.71. The molecule has 1 amide bonds. The van der Waals surface area contributed by atoms with Crippen molar-refractivity contribution >= 4 is 11.9 Å². The van der Waals surface area contributed by atoms with Crippen molar-refractivity contribution in [2.75, 3.05) is 27.2 Å². The van der Waals surface area contributed by atoms with Gasteiger partial charge >= 0.3 is 0 Å². The Kier molecular flexibility index (Phi) is 5.66. The highest BCUT2D eigenvalue weighted by atomic mass is 16.3. The first-order valence-corrected chi connectivity index (χ1v) is 7.41. The van der Waals surface area contributed by atoms with E-state index >= 15 is 0 Å². The van der Waals surface area contributed by atoms with Gasteiger partial charge in [0, 0.05) is 33.6 Å². The molecule has 21 heavy (non-hydrogen) atoms. The lowest BCUT2D eigenvalue weighted by molar-refractivity contribution is -0.121. The van der Waals surface area contributed by atoms with Gasteiger partial charge in [-0.05, 0) is 30.9 Å². The largest absolute Gasteiger partial charge is 0.467 e. The summed E-state index contributed by atoms with van der Waals surface area (Å²) in [5.41, 5.74) is 0. The fourth-order valence-corrected chi connectivity index (χ4v) is 2.62. The van der Waals surface area contributed by atoms with Crippen molar-refractivity contribution in [2.45, 2.75) is 25.8 Å². The SMILES string of the molecule is CN=C(NCc1ccco1)N1CCC(CC(=O)NC)CC1. The number of carbonyl (C=O) groups excluding carboxylic acids is 1. The number of nitrogens with zero attached hydrogens (tertiary/aromatic N) is 2. The van der Waals surface area contributed by atoms with E-state index in [0.717, 1.165) is 37.7 Å². The standard InChI is InChI=1S/C15H24N4O2/c1-16-14(20)10-12-5-7-19(8-6-12)15(17-2)18-11-13-4-3-9-21-13/h3-4,9,12H,5-8,10-11H2,1-2H3,(H,16,20)(H,17,18). The summed E-state index contributed by atoms with van der Waals surface area (Å²) in [6.45, 7) is 2.50. The Bertz CT molecular complexity index is 462. The van der Waals surface area contributed by atoms with Gasteiger partial charge < -0.3 is 20.0 Å². The molecule has 2 heterocycles. The molecule has 0 spiro atoms. The van der Waals surface area contributed by atoms with Crippen LogP contribution in [0, 0.1) is 5.92 Å². The van der Waals surface area contributed by atoms with E-state index in [1.807, 2.05) is 12.1 Å². The molecule has 1 saturated heterocycles. The van der Waals surface area contributed by atoms with Crippen molar-refractivity contribution in [3.8, 4) is 0 Å². The summed E-state index contributed by atoms with van der Waals surface area (Å²) in [5, 5.41) is 6.01. The fourth-order valence-electron chi connectivity index (χ4n) is 2.62. The van der Waals surface area contributed by atoms with Crippen LogP contribution < -0.4 is 10.6 Å². The van der Waals surface area contributed by atoms with Crippen molar-refractivity contribution in [2.24, 2.45) is 10.9 Å². The van der Waals surface area contributed by atoms with E-state index in [0.29, 0.717) is 18.9 Å². The molecule has 1 fully saturated rings. The summed E-state index contributed by atoms with van der Waals surface area (Å²) in [5.74, 6) is 2.40. The zero-order chi connectivity index (χ0) is 15.1. The number of rotatable bonds is 4. The number of carbonyl (C=O) groups is 1. The van der Waals surface area contributed by atoms with Gasteiger partial charge in [-0.2, -0.15) is 0 Å². The first-order chi connectivity index (χ1) is 10.2. The Morgan fingerprint density at radius 2 is 2.24 bits per heavy atom. The summed E-state index contributed by atoms with van der Waals surface area (Å²) in [7, 11) is 3.49. The predicted octanol–water partition coefficient (Wildman–Crippen LogP) is 1.20. The monoisotopic (exact) mass is 292 g/mol. The highest BCUT2D eigenvalue weighted by Crippen LogP contribution is 2.20. The van der Waals surface area contributed by atoms with Gasteiger partial charge in [0.25, 0.3) is 0 Å². The average molecular weight is 292 g/mol. The minimum atomic E-state index is 0.133. The highest BCUT2D eigenvalue weighted by Gasteiger charge is 2.23. The molecule has 0 radical (unpaired) electrons.